The summed E-state index contributed by atoms with van der Waals surface area (Å²) in [5, 5.41) is 13.0. The number of halogens is 2. The van der Waals surface area contributed by atoms with E-state index in [0.717, 1.165) is 67.1 Å². The molecule has 0 bridgehead atoms. The Kier molecular flexibility index (Phi) is 7.96. The second kappa shape index (κ2) is 11.5. The van der Waals surface area contributed by atoms with Gasteiger partial charge in [0.15, 0.2) is 0 Å². The number of hydrogen-bond acceptors (Lipinski definition) is 5. The lowest BCUT2D eigenvalue weighted by Gasteiger charge is -2.26. The fourth-order valence-electron chi connectivity index (χ4n) is 4.47. The van der Waals surface area contributed by atoms with Gasteiger partial charge in [-0.05, 0) is 67.9 Å². The molecule has 2 heterocycles. The molecule has 1 saturated heterocycles. The van der Waals surface area contributed by atoms with Crippen LogP contribution in [0.1, 0.15) is 22.3 Å². The molecule has 0 radical (unpaired) electrons. The van der Waals surface area contributed by atoms with Crippen LogP contribution in [0.5, 0.6) is 0 Å². The lowest BCUT2D eigenvalue weighted by molar-refractivity contribution is 0.0374. The van der Waals surface area contributed by atoms with Crippen LogP contribution < -0.4 is 10.6 Å². The van der Waals surface area contributed by atoms with Gasteiger partial charge in [-0.15, -0.1) is 0 Å². The Morgan fingerprint density at radius 2 is 1.84 bits per heavy atom. The first-order valence-electron chi connectivity index (χ1n) is 12.4. The van der Waals surface area contributed by atoms with Crippen LogP contribution in [0, 0.1) is 6.92 Å². The molecule has 7 nitrogen and oxygen atoms in total. The Morgan fingerprint density at radius 3 is 2.62 bits per heavy atom. The minimum absolute atomic E-state index is 0.0807. The number of nitrogens with zero attached hydrogens (tertiary/aromatic N) is 3. The standard InChI is InChI=1S/C28H29Cl2N5O2/c1-19-6-7-20(28(36)31-10-3-11-34-12-14-37-15-13-34)17-26(19)35-25-9-8-22(16-21(25)18-32-35)33-27-23(29)4-2-5-24(27)30/h2,4-9,16-18,33H,3,10-15H2,1H3,(H,31,36). The summed E-state index contributed by atoms with van der Waals surface area (Å²) in [4.78, 5) is 15.2. The predicted octanol–water partition coefficient (Wildman–Crippen LogP) is 5.84. The van der Waals surface area contributed by atoms with Gasteiger partial charge in [-0.1, -0.05) is 35.3 Å². The number of benzene rings is 3. The number of rotatable bonds is 8. The van der Waals surface area contributed by atoms with E-state index in [1.54, 1.807) is 12.1 Å². The molecule has 0 saturated carbocycles. The molecule has 2 N–H and O–H groups in total. The van der Waals surface area contributed by atoms with Crippen LogP contribution in [0.4, 0.5) is 11.4 Å². The van der Waals surface area contributed by atoms with E-state index in [2.05, 4.69) is 20.6 Å². The second-order valence-electron chi connectivity index (χ2n) is 9.12. The number of nitrogens with one attached hydrogen (secondary N) is 2. The first-order valence-corrected chi connectivity index (χ1v) is 13.1. The van der Waals surface area contributed by atoms with Crippen molar-refractivity contribution in [1.82, 2.24) is 20.0 Å². The largest absolute Gasteiger partial charge is 0.379 e. The molecule has 1 amide bonds. The highest BCUT2D eigenvalue weighted by atomic mass is 35.5. The summed E-state index contributed by atoms with van der Waals surface area (Å²) in [5.41, 5.74) is 4.95. The van der Waals surface area contributed by atoms with Crippen LogP contribution in [0.3, 0.4) is 0 Å². The van der Waals surface area contributed by atoms with Crippen LogP contribution in [-0.4, -0.2) is 60.0 Å². The van der Waals surface area contributed by atoms with Crippen LogP contribution >= 0.6 is 23.2 Å². The minimum atomic E-state index is -0.0807. The van der Waals surface area contributed by atoms with E-state index >= 15 is 0 Å². The summed E-state index contributed by atoms with van der Waals surface area (Å²) in [7, 11) is 0. The van der Waals surface area contributed by atoms with Gasteiger partial charge >= 0.3 is 0 Å². The average molecular weight is 538 g/mol. The van der Waals surface area contributed by atoms with Gasteiger partial charge in [0.2, 0.25) is 0 Å². The topological polar surface area (TPSA) is 71.4 Å². The van der Waals surface area contributed by atoms with Crippen molar-refractivity contribution in [3.05, 3.63) is 82.0 Å². The molecule has 4 aromatic rings. The Labute approximate surface area is 226 Å². The monoisotopic (exact) mass is 537 g/mol. The molecule has 1 aliphatic heterocycles. The number of para-hydroxylation sites is 1. The van der Waals surface area contributed by atoms with Crippen molar-refractivity contribution in [3.63, 3.8) is 0 Å². The van der Waals surface area contributed by atoms with E-state index in [-0.39, 0.29) is 5.91 Å². The first kappa shape index (κ1) is 25.5. The van der Waals surface area contributed by atoms with Crippen LogP contribution in [0.25, 0.3) is 16.6 Å². The summed E-state index contributed by atoms with van der Waals surface area (Å²) < 4.78 is 7.25. The van der Waals surface area contributed by atoms with Crippen molar-refractivity contribution < 1.29 is 9.53 Å². The number of carbonyl (C=O) groups excluding carboxylic acids is 1. The van der Waals surface area contributed by atoms with Gasteiger partial charge in [-0.25, -0.2) is 4.68 Å². The van der Waals surface area contributed by atoms with Gasteiger partial charge in [-0.3, -0.25) is 9.69 Å². The molecule has 0 aliphatic carbocycles. The van der Waals surface area contributed by atoms with Gasteiger partial charge in [0.05, 0.1) is 46.3 Å². The summed E-state index contributed by atoms with van der Waals surface area (Å²) >= 11 is 12.6. The number of anilines is 2. The summed E-state index contributed by atoms with van der Waals surface area (Å²) in [6.07, 6.45) is 2.72. The molecule has 0 unspecified atom stereocenters. The smallest absolute Gasteiger partial charge is 0.251 e. The third-order valence-corrected chi connectivity index (χ3v) is 7.17. The molecule has 0 atom stereocenters. The van der Waals surface area contributed by atoms with E-state index in [9.17, 15) is 4.79 Å². The van der Waals surface area contributed by atoms with Crippen molar-refractivity contribution in [2.75, 3.05) is 44.7 Å². The van der Waals surface area contributed by atoms with Crippen LogP contribution in [0.15, 0.2) is 60.8 Å². The quantitative estimate of drug-likeness (QED) is 0.276. The number of hydrogen-bond donors (Lipinski definition) is 2. The lowest BCUT2D eigenvalue weighted by atomic mass is 10.1. The Hall–Kier alpha value is -3.10. The van der Waals surface area contributed by atoms with Gasteiger partial charge in [0.25, 0.3) is 5.91 Å². The minimum Gasteiger partial charge on any atom is -0.379 e. The van der Waals surface area contributed by atoms with E-state index in [1.165, 1.54) is 0 Å². The summed E-state index contributed by atoms with van der Waals surface area (Å²) in [6, 6.07) is 17.1. The molecule has 1 aliphatic rings. The van der Waals surface area contributed by atoms with E-state index in [1.807, 2.05) is 60.3 Å². The number of aromatic nitrogens is 2. The number of morpholine rings is 1. The lowest BCUT2D eigenvalue weighted by Crippen LogP contribution is -2.38. The highest BCUT2D eigenvalue weighted by Gasteiger charge is 2.14. The maximum atomic E-state index is 12.9. The maximum Gasteiger partial charge on any atom is 0.251 e. The molecule has 0 spiro atoms. The van der Waals surface area contributed by atoms with E-state index in [0.29, 0.717) is 27.8 Å². The van der Waals surface area contributed by atoms with Crippen molar-refractivity contribution in [1.29, 1.82) is 0 Å². The second-order valence-corrected chi connectivity index (χ2v) is 9.93. The van der Waals surface area contributed by atoms with Crippen molar-refractivity contribution in [2.24, 2.45) is 0 Å². The van der Waals surface area contributed by atoms with Gasteiger partial charge in [-0.2, -0.15) is 5.10 Å². The summed E-state index contributed by atoms with van der Waals surface area (Å²) in [5.74, 6) is -0.0807. The normalized spacial score (nSPS) is 14.1. The first-order chi connectivity index (χ1) is 18.0. The van der Waals surface area contributed by atoms with Gasteiger partial charge < -0.3 is 15.4 Å². The molecule has 9 heteroatoms. The Bertz CT molecular complexity index is 1390. The number of amides is 1. The average Bonchev–Trinajstić information content (AvgIpc) is 3.33. The Balaban J connectivity index is 1.30. The molecule has 5 rings (SSSR count). The molecule has 1 fully saturated rings. The molecule has 3 aromatic carbocycles. The van der Waals surface area contributed by atoms with E-state index < -0.39 is 0 Å². The molecular formula is C28H29Cl2N5O2. The molecule has 192 valence electrons. The zero-order valence-electron chi connectivity index (χ0n) is 20.6. The zero-order valence-corrected chi connectivity index (χ0v) is 22.1. The number of fused-ring (bicyclic) bond motifs is 1. The number of carbonyl (C=O) groups is 1. The van der Waals surface area contributed by atoms with Gasteiger partial charge in [0, 0.05) is 36.3 Å². The molecule has 37 heavy (non-hydrogen) atoms. The van der Waals surface area contributed by atoms with Gasteiger partial charge in [0.1, 0.15) is 0 Å². The fraction of sp³-hybridized carbons (Fsp3) is 0.286. The SMILES string of the molecule is Cc1ccc(C(=O)NCCCN2CCOCC2)cc1-n1ncc2cc(Nc3c(Cl)cccc3Cl)ccc21. The molecule has 1 aromatic heterocycles. The third-order valence-electron chi connectivity index (χ3n) is 6.54. The fourth-order valence-corrected chi connectivity index (χ4v) is 4.97. The third kappa shape index (κ3) is 5.91. The highest BCUT2D eigenvalue weighted by Crippen LogP contribution is 2.33. The molecular weight excluding hydrogens is 509 g/mol. The van der Waals surface area contributed by atoms with Crippen molar-refractivity contribution in [3.8, 4) is 5.69 Å². The number of aryl methyl sites for hydroxylation is 1. The zero-order chi connectivity index (χ0) is 25.8. The highest BCUT2D eigenvalue weighted by molar-refractivity contribution is 6.39. The van der Waals surface area contributed by atoms with Crippen LogP contribution in [-0.2, 0) is 4.74 Å². The van der Waals surface area contributed by atoms with Crippen LogP contribution in [0.2, 0.25) is 10.0 Å². The van der Waals surface area contributed by atoms with Crippen molar-refractivity contribution >= 4 is 51.4 Å². The van der Waals surface area contributed by atoms with Crippen molar-refractivity contribution in [2.45, 2.75) is 13.3 Å². The number of ether oxygens (including phenoxy) is 1. The maximum absolute atomic E-state index is 12.9. The Morgan fingerprint density at radius 1 is 1.05 bits per heavy atom. The predicted molar refractivity (Wildman–Crippen MR) is 150 cm³/mol. The summed E-state index contributed by atoms with van der Waals surface area (Å²) in [6.45, 7) is 7.10. The van der Waals surface area contributed by atoms with E-state index in [4.69, 9.17) is 27.9 Å².